The lowest BCUT2D eigenvalue weighted by atomic mass is 9.75. The molecule has 2 aromatic rings. The first kappa shape index (κ1) is 15.4. The van der Waals surface area contributed by atoms with Gasteiger partial charge in [0, 0.05) is 5.41 Å². The minimum absolute atomic E-state index is 0.0254. The molecule has 2 aliphatic carbocycles. The van der Waals surface area contributed by atoms with Gasteiger partial charge in [-0.1, -0.05) is 88.4 Å². The van der Waals surface area contributed by atoms with Crippen LogP contribution in [-0.4, -0.2) is 0 Å². The molecule has 0 nitrogen and oxygen atoms in total. The molecule has 121 valence electrons. The predicted molar refractivity (Wildman–Crippen MR) is 101 cm³/mol. The Morgan fingerprint density at radius 1 is 0.792 bits per heavy atom. The summed E-state index contributed by atoms with van der Waals surface area (Å²) in [5, 5.41) is 0. The Balaban J connectivity index is 2.05. The van der Waals surface area contributed by atoms with Crippen LogP contribution >= 0.6 is 0 Å². The van der Waals surface area contributed by atoms with Crippen molar-refractivity contribution in [3.8, 4) is 0 Å². The van der Waals surface area contributed by atoms with Gasteiger partial charge < -0.3 is 0 Å². The summed E-state index contributed by atoms with van der Waals surface area (Å²) < 4.78 is 0. The lowest BCUT2D eigenvalue weighted by molar-refractivity contribution is 0.506. The van der Waals surface area contributed by atoms with E-state index in [1.165, 1.54) is 22.3 Å². The summed E-state index contributed by atoms with van der Waals surface area (Å²) in [5.74, 6) is 0. The van der Waals surface area contributed by atoms with Gasteiger partial charge in [0.15, 0.2) is 0 Å². The molecule has 0 aliphatic heterocycles. The molecular weight excluding hydrogens is 288 g/mol. The molecule has 0 amide bonds. The normalized spacial score (nSPS) is 24.6. The van der Waals surface area contributed by atoms with Crippen molar-refractivity contribution < 1.29 is 0 Å². The minimum Gasteiger partial charge on any atom is -0.0622 e. The molecule has 1 radical (unpaired) electrons. The monoisotopic (exact) mass is 313 g/mol. The van der Waals surface area contributed by atoms with Gasteiger partial charge in [-0.05, 0) is 46.3 Å². The number of allylic oxidation sites excluding steroid dienone is 4. The van der Waals surface area contributed by atoms with Crippen molar-refractivity contribution in [2.24, 2.45) is 10.8 Å². The summed E-state index contributed by atoms with van der Waals surface area (Å²) in [4.78, 5) is 0. The summed E-state index contributed by atoms with van der Waals surface area (Å²) in [6.45, 7) is 11.6. The fourth-order valence-corrected chi connectivity index (χ4v) is 5.10. The molecule has 1 saturated carbocycles. The van der Waals surface area contributed by atoms with Crippen LogP contribution in [0.2, 0.25) is 0 Å². The average molecular weight is 313 g/mol. The van der Waals surface area contributed by atoms with Crippen LogP contribution in [0.3, 0.4) is 0 Å². The molecule has 4 rings (SSSR count). The van der Waals surface area contributed by atoms with E-state index in [0.717, 1.165) is 0 Å². The molecule has 0 spiro atoms. The molecule has 24 heavy (non-hydrogen) atoms. The van der Waals surface area contributed by atoms with Gasteiger partial charge in [-0.25, -0.2) is 0 Å². The first-order valence-electron chi connectivity index (χ1n) is 8.82. The van der Waals surface area contributed by atoms with Gasteiger partial charge in [0.2, 0.25) is 0 Å². The summed E-state index contributed by atoms with van der Waals surface area (Å²) in [6.07, 6.45) is 3.85. The van der Waals surface area contributed by atoms with Gasteiger partial charge >= 0.3 is 0 Å². The number of hydrogen-bond donors (Lipinski definition) is 0. The smallest absolute Gasteiger partial charge is 0.0558 e. The Hall–Kier alpha value is -2.08. The molecule has 0 aromatic heterocycles. The molecule has 0 bridgehead atoms. The third-order valence-electron chi connectivity index (χ3n) is 5.79. The van der Waals surface area contributed by atoms with E-state index in [-0.39, 0.29) is 16.2 Å². The third kappa shape index (κ3) is 1.75. The maximum Gasteiger partial charge on any atom is 0.0558 e. The first-order chi connectivity index (χ1) is 11.3. The van der Waals surface area contributed by atoms with Crippen LogP contribution in [0.1, 0.15) is 45.7 Å². The van der Waals surface area contributed by atoms with E-state index in [9.17, 15) is 0 Å². The van der Waals surface area contributed by atoms with Crippen molar-refractivity contribution in [2.75, 3.05) is 0 Å². The highest BCUT2D eigenvalue weighted by atomic mass is 14.7. The molecule has 2 aliphatic rings. The SMILES string of the molecule is CC1=[C]C2(C)C(=C1C(C)(C)C)C2(c1ccccc1)c1ccccc1. The number of benzene rings is 2. The summed E-state index contributed by atoms with van der Waals surface area (Å²) >= 11 is 0. The van der Waals surface area contributed by atoms with E-state index in [0.29, 0.717) is 0 Å². The molecule has 1 unspecified atom stereocenters. The van der Waals surface area contributed by atoms with Crippen molar-refractivity contribution >= 4 is 0 Å². The van der Waals surface area contributed by atoms with E-state index in [1.54, 1.807) is 5.57 Å². The lowest BCUT2D eigenvalue weighted by Gasteiger charge is -2.28. The molecule has 0 heterocycles. The topological polar surface area (TPSA) is 0 Å². The van der Waals surface area contributed by atoms with Crippen LogP contribution in [-0.2, 0) is 5.41 Å². The van der Waals surface area contributed by atoms with Gasteiger partial charge in [0.05, 0.1) is 5.41 Å². The van der Waals surface area contributed by atoms with E-state index in [4.69, 9.17) is 0 Å². The molecule has 1 fully saturated rings. The fraction of sp³-hybridized carbons (Fsp3) is 0.333. The second-order valence-electron chi connectivity index (χ2n) is 8.36. The average Bonchev–Trinajstić information content (AvgIpc) is 2.92. The molecule has 1 atom stereocenters. The maximum atomic E-state index is 3.85. The van der Waals surface area contributed by atoms with Crippen LogP contribution in [0, 0.1) is 16.9 Å². The summed E-state index contributed by atoms with van der Waals surface area (Å²) in [6, 6.07) is 22.0. The number of rotatable bonds is 2. The van der Waals surface area contributed by atoms with Gasteiger partial charge in [0.25, 0.3) is 0 Å². The van der Waals surface area contributed by atoms with Crippen molar-refractivity contribution in [1.82, 2.24) is 0 Å². The zero-order valence-electron chi connectivity index (χ0n) is 15.3. The highest BCUT2D eigenvalue weighted by molar-refractivity contribution is 5.76. The van der Waals surface area contributed by atoms with E-state index in [1.807, 2.05) is 0 Å². The highest BCUT2D eigenvalue weighted by Crippen LogP contribution is 2.78. The van der Waals surface area contributed by atoms with Crippen LogP contribution < -0.4 is 0 Å². The molecule has 0 N–H and O–H groups in total. The lowest BCUT2D eigenvalue weighted by Crippen LogP contribution is -2.20. The van der Waals surface area contributed by atoms with Crippen molar-refractivity contribution in [2.45, 2.75) is 40.0 Å². The second-order valence-corrected chi connectivity index (χ2v) is 8.36. The molecular formula is C24H25. The Labute approximate surface area is 145 Å². The van der Waals surface area contributed by atoms with E-state index >= 15 is 0 Å². The summed E-state index contributed by atoms with van der Waals surface area (Å²) in [7, 11) is 0. The van der Waals surface area contributed by atoms with Crippen molar-refractivity contribution in [3.05, 3.63) is 94.6 Å². The van der Waals surface area contributed by atoms with Gasteiger partial charge in [0.1, 0.15) is 0 Å². The zero-order chi connectivity index (χ0) is 17.2. The predicted octanol–water partition coefficient (Wildman–Crippen LogP) is 6.10. The largest absolute Gasteiger partial charge is 0.0622 e. The van der Waals surface area contributed by atoms with Gasteiger partial charge in [-0.3, -0.25) is 0 Å². The molecule has 0 heteroatoms. The molecule has 2 aromatic carbocycles. The Kier molecular flexibility index (Phi) is 3.04. The maximum absolute atomic E-state index is 3.85. The zero-order valence-corrected chi connectivity index (χ0v) is 15.3. The Bertz CT molecular complexity index is 804. The van der Waals surface area contributed by atoms with Crippen molar-refractivity contribution in [1.29, 1.82) is 0 Å². The van der Waals surface area contributed by atoms with Crippen LogP contribution in [0.4, 0.5) is 0 Å². The van der Waals surface area contributed by atoms with Crippen LogP contribution in [0.5, 0.6) is 0 Å². The second kappa shape index (κ2) is 4.72. The molecule has 0 saturated heterocycles. The Morgan fingerprint density at radius 2 is 1.25 bits per heavy atom. The number of hydrogen-bond acceptors (Lipinski definition) is 0. The van der Waals surface area contributed by atoms with Crippen molar-refractivity contribution in [3.63, 3.8) is 0 Å². The summed E-state index contributed by atoms with van der Waals surface area (Å²) in [5.41, 5.74) is 7.21. The quantitative estimate of drug-likeness (QED) is 0.628. The van der Waals surface area contributed by atoms with Crippen LogP contribution in [0.15, 0.2) is 77.4 Å². The Morgan fingerprint density at radius 3 is 1.67 bits per heavy atom. The van der Waals surface area contributed by atoms with E-state index < -0.39 is 0 Å². The first-order valence-corrected chi connectivity index (χ1v) is 8.82. The highest BCUT2D eigenvalue weighted by Gasteiger charge is 2.73. The van der Waals surface area contributed by atoms with E-state index in [2.05, 4.69) is 101 Å². The number of fused-ring (bicyclic) bond motifs is 1. The third-order valence-corrected chi connectivity index (χ3v) is 5.79. The van der Waals surface area contributed by atoms with Gasteiger partial charge in [-0.2, -0.15) is 0 Å². The van der Waals surface area contributed by atoms with Gasteiger partial charge in [-0.15, -0.1) is 0 Å². The minimum atomic E-state index is -0.0579. The van der Waals surface area contributed by atoms with Crippen LogP contribution in [0.25, 0.3) is 0 Å². The standard InChI is InChI=1S/C24H25/c1-17-16-23(5)21(20(17)22(2,3)4)24(23,18-12-8-6-9-13-18)19-14-10-7-11-15-19/h6-15H,1-5H3. The fourth-order valence-electron chi connectivity index (χ4n) is 5.10.